The van der Waals surface area contributed by atoms with Crippen molar-refractivity contribution in [3.05, 3.63) is 127 Å². The van der Waals surface area contributed by atoms with E-state index in [-0.39, 0.29) is 0 Å². The van der Waals surface area contributed by atoms with Gasteiger partial charge in [-0.1, -0.05) is 78.9 Å². The molecule has 10 aromatic rings. The Balaban J connectivity index is 1.35. The smallest absolute Gasteiger partial charge is 0.163 e. The molecule has 0 saturated heterocycles. The van der Waals surface area contributed by atoms with E-state index in [2.05, 4.69) is 108 Å². The molecule has 4 aromatic heterocycles. The van der Waals surface area contributed by atoms with Crippen LogP contribution in [0.25, 0.3) is 92.0 Å². The fourth-order valence-electron chi connectivity index (χ4n) is 6.64. The quantitative estimate of drug-likeness (QED) is 0.209. The molecule has 0 aliphatic heterocycles. The molecule has 0 aliphatic rings. The number of hydrogen-bond acceptors (Lipinski definition) is 4. The highest BCUT2D eigenvalue weighted by Crippen LogP contribution is 2.41. The number of fused-ring (bicyclic) bond motifs is 10. The molecule has 0 atom stereocenters. The van der Waals surface area contributed by atoms with Crippen LogP contribution in [0.3, 0.4) is 0 Å². The first-order valence-corrected chi connectivity index (χ1v) is 15.2. The zero-order valence-electron chi connectivity index (χ0n) is 22.8. The third kappa shape index (κ3) is 3.25. The molecule has 0 fully saturated rings. The summed E-state index contributed by atoms with van der Waals surface area (Å²) < 4.78 is 9.67. The molecule has 200 valence electrons. The molecule has 10 rings (SSSR count). The molecular formula is C38H21N3OS. The van der Waals surface area contributed by atoms with Crippen LogP contribution in [-0.2, 0) is 0 Å². The predicted molar refractivity (Wildman–Crippen MR) is 179 cm³/mol. The lowest BCUT2D eigenvalue weighted by molar-refractivity contribution is 0.669. The number of rotatable bonds is 2. The molecule has 0 N–H and O–H groups in total. The summed E-state index contributed by atoms with van der Waals surface area (Å²) in [6.07, 6.45) is 0. The first-order valence-electron chi connectivity index (χ1n) is 14.3. The van der Waals surface area contributed by atoms with E-state index in [1.807, 2.05) is 24.3 Å². The third-order valence-corrected chi connectivity index (χ3v) is 9.67. The second-order valence-electron chi connectivity index (χ2n) is 11.0. The standard InChI is InChI=1S/C38H21N3OS/c1-2-10-23-21-31-28(19-22(23)9-1)25-11-3-6-14-30(25)41(31)37-35-27-13-5-8-16-34(27)43-38(35)40-36(39-37)24-17-18-33-29(20-24)26-12-4-7-15-32(26)42-33/h1-21H. The van der Waals surface area contributed by atoms with Gasteiger partial charge in [-0.2, -0.15) is 0 Å². The molecule has 4 nitrogen and oxygen atoms in total. The molecule has 0 bridgehead atoms. The molecule has 43 heavy (non-hydrogen) atoms. The van der Waals surface area contributed by atoms with E-state index in [9.17, 15) is 0 Å². The fourth-order valence-corrected chi connectivity index (χ4v) is 7.71. The van der Waals surface area contributed by atoms with Crippen LogP contribution < -0.4 is 0 Å². The van der Waals surface area contributed by atoms with E-state index in [1.54, 1.807) is 11.3 Å². The van der Waals surface area contributed by atoms with Gasteiger partial charge in [-0.05, 0) is 59.3 Å². The van der Waals surface area contributed by atoms with E-state index in [1.165, 1.54) is 31.6 Å². The van der Waals surface area contributed by atoms with Gasteiger partial charge in [0.25, 0.3) is 0 Å². The molecule has 0 amide bonds. The van der Waals surface area contributed by atoms with Gasteiger partial charge in [-0.3, -0.25) is 4.57 Å². The van der Waals surface area contributed by atoms with Crippen LogP contribution >= 0.6 is 11.3 Å². The number of para-hydroxylation sites is 2. The maximum atomic E-state index is 6.12. The summed E-state index contributed by atoms with van der Waals surface area (Å²) in [5, 5.41) is 9.28. The number of benzene rings is 6. The molecule has 5 heteroatoms. The first kappa shape index (κ1) is 23.1. The predicted octanol–water partition coefficient (Wildman–Crippen LogP) is 10.7. The van der Waals surface area contributed by atoms with Gasteiger partial charge in [0.1, 0.15) is 16.0 Å². The van der Waals surface area contributed by atoms with Crippen molar-refractivity contribution in [2.45, 2.75) is 0 Å². The Morgan fingerprint density at radius 1 is 0.535 bits per heavy atom. The van der Waals surface area contributed by atoms with Crippen LogP contribution in [0, 0.1) is 0 Å². The Morgan fingerprint density at radius 2 is 1.26 bits per heavy atom. The fraction of sp³-hybridized carbons (Fsp3) is 0. The number of furan rings is 1. The van der Waals surface area contributed by atoms with Crippen LogP contribution in [0.4, 0.5) is 0 Å². The minimum Gasteiger partial charge on any atom is -0.456 e. The topological polar surface area (TPSA) is 43.9 Å². The van der Waals surface area contributed by atoms with Crippen molar-refractivity contribution in [3.8, 4) is 17.2 Å². The number of hydrogen-bond donors (Lipinski definition) is 0. The number of thiophene rings is 1. The summed E-state index contributed by atoms with van der Waals surface area (Å²) in [5.74, 6) is 1.60. The van der Waals surface area contributed by atoms with E-state index < -0.39 is 0 Å². The van der Waals surface area contributed by atoms with Crippen molar-refractivity contribution >= 4 is 86.2 Å². The average Bonchev–Trinajstić information content (AvgIpc) is 3.72. The highest BCUT2D eigenvalue weighted by atomic mass is 32.1. The van der Waals surface area contributed by atoms with E-state index in [0.717, 1.165) is 54.6 Å². The number of nitrogens with zero attached hydrogens (tertiary/aromatic N) is 3. The third-order valence-electron chi connectivity index (χ3n) is 8.61. The Kier molecular flexibility index (Phi) is 4.57. The van der Waals surface area contributed by atoms with Crippen molar-refractivity contribution < 1.29 is 4.42 Å². The Bertz CT molecular complexity index is 2750. The van der Waals surface area contributed by atoms with Crippen LogP contribution in [0.2, 0.25) is 0 Å². The lowest BCUT2D eigenvalue weighted by Gasteiger charge is -2.12. The molecule has 4 heterocycles. The normalized spacial score (nSPS) is 12.2. The SMILES string of the molecule is c1ccc2cc3c(cc2c1)c1ccccc1n3-c1nc(-c2ccc3oc4ccccc4c3c2)nc2sc3ccccc3c12. The van der Waals surface area contributed by atoms with Crippen LogP contribution in [0.1, 0.15) is 0 Å². The van der Waals surface area contributed by atoms with Gasteiger partial charge in [0.15, 0.2) is 11.6 Å². The summed E-state index contributed by atoms with van der Waals surface area (Å²) >= 11 is 1.72. The van der Waals surface area contributed by atoms with Gasteiger partial charge in [-0.15, -0.1) is 11.3 Å². The molecule has 0 aliphatic carbocycles. The first-order chi connectivity index (χ1) is 21.3. The Morgan fingerprint density at radius 3 is 2.16 bits per heavy atom. The van der Waals surface area contributed by atoms with Crippen molar-refractivity contribution in [3.63, 3.8) is 0 Å². The maximum absolute atomic E-state index is 6.12. The largest absolute Gasteiger partial charge is 0.456 e. The van der Waals surface area contributed by atoms with Gasteiger partial charge in [0, 0.05) is 37.2 Å². The van der Waals surface area contributed by atoms with Crippen LogP contribution in [0.15, 0.2) is 132 Å². The van der Waals surface area contributed by atoms with E-state index in [0.29, 0.717) is 5.82 Å². The minimum atomic E-state index is 0.702. The second kappa shape index (κ2) is 8.51. The lowest BCUT2D eigenvalue weighted by Crippen LogP contribution is -2.01. The van der Waals surface area contributed by atoms with Gasteiger partial charge in [-0.25, -0.2) is 9.97 Å². The van der Waals surface area contributed by atoms with Gasteiger partial charge < -0.3 is 4.42 Å². The molecule has 0 unspecified atom stereocenters. The summed E-state index contributed by atoms with van der Waals surface area (Å²) in [5.41, 5.74) is 4.98. The van der Waals surface area contributed by atoms with E-state index >= 15 is 0 Å². The highest BCUT2D eigenvalue weighted by molar-refractivity contribution is 7.25. The zero-order valence-corrected chi connectivity index (χ0v) is 23.6. The Labute approximate surface area is 249 Å². The minimum absolute atomic E-state index is 0.702. The van der Waals surface area contributed by atoms with Gasteiger partial charge >= 0.3 is 0 Å². The van der Waals surface area contributed by atoms with Gasteiger partial charge in [0.2, 0.25) is 0 Å². The lowest BCUT2D eigenvalue weighted by atomic mass is 10.1. The van der Waals surface area contributed by atoms with E-state index in [4.69, 9.17) is 14.4 Å². The van der Waals surface area contributed by atoms with Crippen molar-refractivity contribution in [2.24, 2.45) is 0 Å². The summed E-state index contributed by atoms with van der Waals surface area (Å²) in [6, 6.07) is 44.8. The maximum Gasteiger partial charge on any atom is 0.163 e. The van der Waals surface area contributed by atoms with Crippen molar-refractivity contribution in [1.82, 2.24) is 14.5 Å². The number of aromatic nitrogens is 3. The van der Waals surface area contributed by atoms with Crippen molar-refractivity contribution in [1.29, 1.82) is 0 Å². The molecule has 0 radical (unpaired) electrons. The summed E-state index contributed by atoms with van der Waals surface area (Å²) in [7, 11) is 0. The monoisotopic (exact) mass is 567 g/mol. The zero-order chi connectivity index (χ0) is 28.1. The summed E-state index contributed by atoms with van der Waals surface area (Å²) in [6.45, 7) is 0. The molecule has 0 saturated carbocycles. The Hall–Kier alpha value is -5.52. The molecular weight excluding hydrogens is 547 g/mol. The van der Waals surface area contributed by atoms with Crippen molar-refractivity contribution in [2.75, 3.05) is 0 Å². The average molecular weight is 568 g/mol. The molecule has 6 aromatic carbocycles. The van der Waals surface area contributed by atoms with Crippen LogP contribution in [0.5, 0.6) is 0 Å². The molecule has 0 spiro atoms. The second-order valence-corrected chi connectivity index (χ2v) is 12.1. The van der Waals surface area contributed by atoms with Crippen LogP contribution in [-0.4, -0.2) is 14.5 Å². The summed E-state index contributed by atoms with van der Waals surface area (Å²) in [4.78, 5) is 11.6. The highest BCUT2D eigenvalue weighted by Gasteiger charge is 2.21. The van der Waals surface area contributed by atoms with Gasteiger partial charge in [0.05, 0.1) is 16.4 Å².